The SMILES string of the molecule is Cc1nn(C)cc1CN[C@@H](C)c1cccnc1. The van der Waals surface area contributed by atoms with Gasteiger partial charge in [-0.15, -0.1) is 0 Å². The van der Waals surface area contributed by atoms with E-state index >= 15 is 0 Å². The lowest BCUT2D eigenvalue weighted by Crippen LogP contribution is -2.18. The number of nitrogens with one attached hydrogen (secondary N) is 1. The molecule has 0 spiro atoms. The van der Waals surface area contributed by atoms with Crippen molar-refractivity contribution in [1.29, 1.82) is 0 Å². The summed E-state index contributed by atoms with van der Waals surface area (Å²) in [6, 6.07) is 4.34. The Labute approximate surface area is 102 Å². The van der Waals surface area contributed by atoms with E-state index in [2.05, 4.69) is 34.6 Å². The van der Waals surface area contributed by atoms with E-state index in [0.717, 1.165) is 12.2 Å². The van der Waals surface area contributed by atoms with Crippen molar-refractivity contribution in [2.45, 2.75) is 26.4 Å². The van der Waals surface area contributed by atoms with Gasteiger partial charge in [-0.05, 0) is 25.5 Å². The van der Waals surface area contributed by atoms with Crippen molar-refractivity contribution in [2.75, 3.05) is 0 Å². The van der Waals surface area contributed by atoms with Crippen LogP contribution in [0.1, 0.15) is 29.8 Å². The molecule has 0 aliphatic carbocycles. The van der Waals surface area contributed by atoms with E-state index in [0.29, 0.717) is 6.04 Å². The zero-order chi connectivity index (χ0) is 12.3. The second-order valence-electron chi connectivity index (χ2n) is 4.30. The first kappa shape index (κ1) is 11.8. The quantitative estimate of drug-likeness (QED) is 0.873. The summed E-state index contributed by atoms with van der Waals surface area (Å²) in [5.41, 5.74) is 3.52. The van der Waals surface area contributed by atoms with Gasteiger partial charge in [0.05, 0.1) is 5.69 Å². The molecule has 0 radical (unpaired) electrons. The summed E-state index contributed by atoms with van der Waals surface area (Å²) in [4.78, 5) is 4.13. The largest absolute Gasteiger partial charge is 0.306 e. The number of pyridine rings is 1. The molecule has 4 nitrogen and oxygen atoms in total. The molecule has 0 aliphatic rings. The minimum absolute atomic E-state index is 0.295. The minimum Gasteiger partial charge on any atom is -0.306 e. The van der Waals surface area contributed by atoms with E-state index in [1.165, 1.54) is 11.1 Å². The van der Waals surface area contributed by atoms with Crippen LogP contribution in [0, 0.1) is 6.92 Å². The molecule has 2 aromatic rings. The Morgan fingerprint density at radius 1 is 1.47 bits per heavy atom. The van der Waals surface area contributed by atoms with Gasteiger partial charge >= 0.3 is 0 Å². The molecule has 90 valence electrons. The molecule has 2 heterocycles. The van der Waals surface area contributed by atoms with Gasteiger partial charge in [0.1, 0.15) is 0 Å². The zero-order valence-electron chi connectivity index (χ0n) is 10.5. The van der Waals surface area contributed by atoms with Gasteiger partial charge in [-0.1, -0.05) is 6.07 Å². The van der Waals surface area contributed by atoms with E-state index in [9.17, 15) is 0 Å². The van der Waals surface area contributed by atoms with Crippen LogP contribution in [0.15, 0.2) is 30.7 Å². The van der Waals surface area contributed by atoms with Crippen LogP contribution in [0.3, 0.4) is 0 Å². The van der Waals surface area contributed by atoms with Crippen molar-refractivity contribution >= 4 is 0 Å². The van der Waals surface area contributed by atoms with Crippen molar-refractivity contribution in [1.82, 2.24) is 20.1 Å². The Morgan fingerprint density at radius 3 is 2.88 bits per heavy atom. The predicted molar refractivity (Wildman–Crippen MR) is 67.4 cm³/mol. The highest BCUT2D eigenvalue weighted by Gasteiger charge is 2.07. The van der Waals surface area contributed by atoms with Crippen LogP contribution in [-0.4, -0.2) is 14.8 Å². The van der Waals surface area contributed by atoms with E-state index in [1.807, 2.05) is 30.9 Å². The second kappa shape index (κ2) is 5.10. The van der Waals surface area contributed by atoms with Crippen molar-refractivity contribution in [3.05, 3.63) is 47.5 Å². The Hall–Kier alpha value is -1.68. The molecule has 0 aromatic carbocycles. The summed E-state index contributed by atoms with van der Waals surface area (Å²) in [6.07, 6.45) is 5.74. The number of hydrogen-bond acceptors (Lipinski definition) is 3. The van der Waals surface area contributed by atoms with Crippen LogP contribution in [0.25, 0.3) is 0 Å². The first-order chi connectivity index (χ1) is 8.16. The molecule has 0 saturated heterocycles. The van der Waals surface area contributed by atoms with Crippen molar-refractivity contribution in [3.63, 3.8) is 0 Å². The lowest BCUT2D eigenvalue weighted by atomic mass is 10.1. The van der Waals surface area contributed by atoms with E-state index in [4.69, 9.17) is 0 Å². The van der Waals surface area contributed by atoms with Gasteiger partial charge in [0, 0.05) is 43.8 Å². The average Bonchev–Trinajstić information content (AvgIpc) is 2.66. The van der Waals surface area contributed by atoms with Crippen LogP contribution in [-0.2, 0) is 13.6 Å². The second-order valence-corrected chi connectivity index (χ2v) is 4.30. The van der Waals surface area contributed by atoms with Gasteiger partial charge in [-0.25, -0.2) is 0 Å². The lowest BCUT2D eigenvalue weighted by molar-refractivity contribution is 0.571. The van der Waals surface area contributed by atoms with Crippen LogP contribution < -0.4 is 5.32 Å². The smallest absolute Gasteiger partial charge is 0.0638 e. The van der Waals surface area contributed by atoms with Gasteiger partial charge < -0.3 is 5.32 Å². The predicted octanol–water partition coefficient (Wildman–Crippen LogP) is 1.97. The Bertz CT molecular complexity index is 475. The van der Waals surface area contributed by atoms with Crippen LogP contribution >= 0.6 is 0 Å². The third-order valence-corrected chi connectivity index (χ3v) is 2.90. The Kier molecular flexibility index (Phi) is 3.54. The molecule has 2 rings (SSSR count). The number of hydrogen-bond donors (Lipinski definition) is 1. The number of nitrogens with zero attached hydrogens (tertiary/aromatic N) is 3. The maximum atomic E-state index is 4.33. The minimum atomic E-state index is 0.295. The molecule has 1 N–H and O–H groups in total. The third-order valence-electron chi connectivity index (χ3n) is 2.90. The number of rotatable bonds is 4. The Balaban J connectivity index is 1.97. The average molecular weight is 230 g/mol. The van der Waals surface area contributed by atoms with Crippen LogP contribution in [0.4, 0.5) is 0 Å². The highest BCUT2D eigenvalue weighted by Crippen LogP contribution is 2.12. The van der Waals surface area contributed by atoms with Gasteiger partial charge in [-0.2, -0.15) is 5.10 Å². The normalized spacial score (nSPS) is 12.6. The molecule has 4 heteroatoms. The summed E-state index contributed by atoms with van der Waals surface area (Å²) < 4.78 is 1.85. The molecule has 0 saturated carbocycles. The lowest BCUT2D eigenvalue weighted by Gasteiger charge is -2.13. The van der Waals surface area contributed by atoms with Gasteiger partial charge in [0.2, 0.25) is 0 Å². The molecule has 0 aliphatic heterocycles. The van der Waals surface area contributed by atoms with Crippen molar-refractivity contribution in [3.8, 4) is 0 Å². The highest BCUT2D eigenvalue weighted by molar-refractivity contribution is 5.17. The molecule has 0 fully saturated rings. The fraction of sp³-hybridized carbons (Fsp3) is 0.385. The van der Waals surface area contributed by atoms with E-state index < -0.39 is 0 Å². The summed E-state index contributed by atoms with van der Waals surface area (Å²) >= 11 is 0. The standard InChI is InChI=1S/C13H18N4/c1-10(12-5-4-6-14-7-12)15-8-13-9-17(3)16-11(13)2/h4-7,9-10,15H,8H2,1-3H3/t10-/m0/s1. The molecule has 0 unspecified atom stereocenters. The summed E-state index contributed by atoms with van der Waals surface area (Å²) in [5.74, 6) is 0. The first-order valence-corrected chi connectivity index (χ1v) is 5.79. The molecule has 17 heavy (non-hydrogen) atoms. The molecule has 0 bridgehead atoms. The van der Waals surface area contributed by atoms with Gasteiger partial charge in [0.25, 0.3) is 0 Å². The fourth-order valence-electron chi connectivity index (χ4n) is 1.84. The molecular weight excluding hydrogens is 212 g/mol. The molecule has 2 aromatic heterocycles. The van der Waals surface area contributed by atoms with Gasteiger partial charge in [-0.3, -0.25) is 9.67 Å². The van der Waals surface area contributed by atoms with Crippen LogP contribution in [0.2, 0.25) is 0 Å². The van der Waals surface area contributed by atoms with E-state index in [-0.39, 0.29) is 0 Å². The maximum absolute atomic E-state index is 4.33. The van der Waals surface area contributed by atoms with E-state index in [1.54, 1.807) is 6.20 Å². The van der Waals surface area contributed by atoms with Crippen molar-refractivity contribution in [2.24, 2.45) is 7.05 Å². The first-order valence-electron chi connectivity index (χ1n) is 5.79. The monoisotopic (exact) mass is 230 g/mol. The van der Waals surface area contributed by atoms with Crippen molar-refractivity contribution < 1.29 is 0 Å². The summed E-state index contributed by atoms with van der Waals surface area (Å²) in [6.45, 7) is 5.00. The van der Waals surface area contributed by atoms with Crippen LogP contribution in [0.5, 0.6) is 0 Å². The maximum Gasteiger partial charge on any atom is 0.0638 e. The zero-order valence-corrected chi connectivity index (χ0v) is 10.5. The molecule has 0 amide bonds. The molecule has 1 atom stereocenters. The summed E-state index contributed by atoms with van der Waals surface area (Å²) in [7, 11) is 1.95. The Morgan fingerprint density at radius 2 is 2.29 bits per heavy atom. The number of aromatic nitrogens is 3. The third kappa shape index (κ3) is 2.91. The molecular formula is C13H18N4. The number of aryl methyl sites for hydroxylation is 2. The summed E-state index contributed by atoms with van der Waals surface area (Å²) in [5, 5.41) is 7.80. The highest BCUT2D eigenvalue weighted by atomic mass is 15.2. The van der Waals surface area contributed by atoms with Gasteiger partial charge in [0.15, 0.2) is 0 Å². The topological polar surface area (TPSA) is 42.7 Å². The fourth-order valence-corrected chi connectivity index (χ4v) is 1.84.